The lowest BCUT2D eigenvalue weighted by Gasteiger charge is -1.91. The number of methoxy groups -OCH3 is 2. The van der Waals surface area contributed by atoms with E-state index in [2.05, 4.69) is 16.0 Å². The Hall–Kier alpha value is -0.700. The van der Waals surface area contributed by atoms with Crippen LogP contribution in [0, 0.1) is 0 Å². The maximum Gasteiger partial charge on any atom is 0.0892 e. The van der Waals surface area contributed by atoms with E-state index in [4.69, 9.17) is 9.47 Å². The molecule has 0 N–H and O–H groups in total. The molecule has 13 heavy (non-hydrogen) atoms. The van der Waals surface area contributed by atoms with Gasteiger partial charge in [0.2, 0.25) is 0 Å². The highest BCUT2D eigenvalue weighted by molar-refractivity contribution is 5.40. The van der Waals surface area contributed by atoms with Crippen LogP contribution in [0.4, 0.5) is 0 Å². The molecular formula is C9H18N2O2. The zero-order valence-electron chi connectivity index (χ0n) is 8.45. The van der Waals surface area contributed by atoms with Crippen molar-refractivity contribution < 1.29 is 9.47 Å². The monoisotopic (exact) mass is 186 g/mol. The third kappa shape index (κ3) is 11.3. The van der Waals surface area contributed by atoms with Crippen molar-refractivity contribution in [3.05, 3.63) is 0 Å². The molecule has 0 saturated carbocycles. The van der Waals surface area contributed by atoms with Crippen LogP contribution in [-0.2, 0) is 9.47 Å². The first kappa shape index (κ1) is 12.3. The lowest BCUT2D eigenvalue weighted by atomic mass is 10.5. The minimum atomic E-state index is 0.738. The Kier molecular flexibility index (Phi) is 10.7. The molecule has 0 atom stereocenters. The zero-order chi connectivity index (χ0) is 9.78. The van der Waals surface area contributed by atoms with Crippen LogP contribution in [0.2, 0.25) is 0 Å². The molecule has 0 heterocycles. The van der Waals surface area contributed by atoms with Gasteiger partial charge in [-0.05, 0) is 12.8 Å². The van der Waals surface area contributed by atoms with Crippen molar-refractivity contribution >= 4 is 6.01 Å². The maximum absolute atomic E-state index is 4.87. The van der Waals surface area contributed by atoms with Gasteiger partial charge in [-0.2, -0.15) is 0 Å². The van der Waals surface area contributed by atoms with Gasteiger partial charge in [0.05, 0.1) is 19.1 Å². The van der Waals surface area contributed by atoms with Gasteiger partial charge in [0.25, 0.3) is 0 Å². The Morgan fingerprint density at radius 2 is 1.38 bits per heavy atom. The van der Waals surface area contributed by atoms with Crippen LogP contribution in [0.5, 0.6) is 0 Å². The highest BCUT2D eigenvalue weighted by Gasteiger charge is 1.81. The SMILES string of the molecule is COCCCN=C=NCCCOC. The van der Waals surface area contributed by atoms with Crippen molar-refractivity contribution in [3.63, 3.8) is 0 Å². The van der Waals surface area contributed by atoms with Crippen LogP contribution in [0.25, 0.3) is 0 Å². The predicted octanol–water partition coefficient (Wildman–Crippen LogP) is 1.23. The van der Waals surface area contributed by atoms with Crippen LogP contribution in [0.3, 0.4) is 0 Å². The summed E-state index contributed by atoms with van der Waals surface area (Å²) in [5, 5.41) is 0. The lowest BCUT2D eigenvalue weighted by Crippen LogP contribution is -1.91. The van der Waals surface area contributed by atoms with E-state index in [1.807, 2.05) is 0 Å². The molecule has 0 aliphatic heterocycles. The van der Waals surface area contributed by atoms with Crippen molar-refractivity contribution in [2.24, 2.45) is 9.98 Å². The summed E-state index contributed by atoms with van der Waals surface area (Å²) < 4.78 is 9.73. The fraction of sp³-hybridized carbons (Fsp3) is 0.889. The molecule has 0 aliphatic carbocycles. The van der Waals surface area contributed by atoms with Gasteiger partial charge >= 0.3 is 0 Å². The van der Waals surface area contributed by atoms with Gasteiger partial charge in [0.1, 0.15) is 0 Å². The Morgan fingerprint density at radius 1 is 0.923 bits per heavy atom. The summed E-state index contributed by atoms with van der Waals surface area (Å²) in [5.74, 6) is 0. The summed E-state index contributed by atoms with van der Waals surface area (Å²) in [6.07, 6.45) is 1.86. The first-order valence-corrected chi connectivity index (χ1v) is 4.47. The van der Waals surface area contributed by atoms with Crippen molar-refractivity contribution in [2.45, 2.75) is 12.8 Å². The fourth-order valence-corrected chi connectivity index (χ4v) is 0.726. The molecule has 0 aliphatic rings. The quantitative estimate of drug-likeness (QED) is 0.422. The van der Waals surface area contributed by atoms with Crippen molar-refractivity contribution in [2.75, 3.05) is 40.5 Å². The summed E-state index contributed by atoms with van der Waals surface area (Å²) >= 11 is 0. The highest BCUT2D eigenvalue weighted by atomic mass is 16.5. The van der Waals surface area contributed by atoms with E-state index in [1.54, 1.807) is 14.2 Å². The molecule has 0 amide bonds. The topological polar surface area (TPSA) is 43.2 Å². The van der Waals surface area contributed by atoms with Crippen molar-refractivity contribution in [1.82, 2.24) is 0 Å². The third-order valence-corrected chi connectivity index (χ3v) is 1.38. The van der Waals surface area contributed by atoms with Gasteiger partial charge in [-0.25, -0.2) is 9.98 Å². The Labute approximate surface area is 79.7 Å². The molecular weight excluding hydrogens is 168 g/mol. The number of ether oxygens (including phenoxy) is 2. The van der Waals surface area contributed by atoms with Gasteiger partial charge in [0.15, 0.2) is 0 Å². The molecule has 0 radical (unpaired) electrons. The largest absolute Gasteiger partial charge is 0.385 e. The second kappa shape index (κ2) is 11.3. The first-order chi connectivity index (χ1) is 6.41. The molecule has 0 spiro atoms. The standard InChI is InChI=1S/C9H18N2O2/c1-12-7-3-5-10-9-11-6-4-8-13-2/h3-8H2,1-2H3. The van der Waals surface area contributed by atoms with Gasteiger partial charge in [-0.1, -0.05) is 0 Å². The number of rotatable bonds is 8. The Morgan fingerprint density at radius 3 is 1.77 bits per heavy atom. The molecule has 0 aromatic carbocycles. The van der Waals surface area contributed by atoms with E-state index in [9.17, 15) is 0 Å². The molecule has 0 aromatic heterocycles. The number of hydrogen-bond acceptors (Lipinski definition) is 4. The summed E-state index contributed by atoms with van der Waals surface area (Å²) in [6.45, 7) is 2.97. The smallest absolute Gasteiger partial charge is 0.0892 e. The molecule has 0 aromatic rings. The summed E-state index contributed by atoms with van der Waals surface area (Å²) in [5.41, 5.74) is 0. The van der Waals surface area contributed by atoms with Crippen LogP contribution >= 0.6 is 0 Å². The maximum atomic E-state index is 4.87. The van der Waals surface area contributed by atoms with Gasteiger partial charge in [0, 0.05) is 27.4 Å². The Balaban J connectivity index is 3.16. The van der Waals surface area contributed by atoms with Gasteiger partial charge < -0.3 is 9.47 Å². The molecule has 4 heteroatoms. The normalized spacial score (nSPS) is 9.38. The van der Waals surface area contributed by atoms with E-state index in [1.165, 1.54) is 0 Å². The van der Waals surface area contributed by atoms with E-state index in [-0.39, 0.29) is 0 Å². The average Bonchev–Trinajstić information content (AvgIpc) is 2.16. The first-order valence-electron chi connectivity index (χ1n) is 4.47. The van der Waals surface area contributed by atoms with Crippen LogP contribution in [0.15, 0.2) is 9.98 Å². The highest BCUT2D eigenvalue weighted by Crippen LogP contribution is 1.81. The molecule has 0 rings (SSSR count). The zero-order valence-corrected chi connectivity index (χ0v) is 8.45. The average molecular weight is 186 g/mol. The number of nitrogens with zero attached hydrogens (tertiary/aromatic N) is 2. The fourth-order valence-electron chi connectivity index (χ4n) is 0.726. The minimum Gasteiger partial charge on any atom is -0.385 e. The summed E-state index contributed by atoms with van der Waals surface area (Å²) in [6, 6.07) is 2.64. The molecule has 0 saturated heterocycles. The second-order valence-electron chi connectivity index (χ2n) is 2.56. The van der Waals surface area contributed by atoms with E-state index in [0.29, 0.717) is 0 Å². The summed E-state index contributed by atoms with van der Waals surface area (Å²) in [7, 11) is 3.37. The molecule has 4 nitrogen and oxygen atoms in total. The predicted molar refractivity (Wildman–Crippen MR) is 52.6 cm³/mol. The van der Waals surface area contributed by atoms with Crippen LogP contribution < -0.4 is 0 Å². The number of aliphatic imine (C=N–C) groups is 2. The molecule has 0 unspecified atom stereocenters. The molecule has 76 valence electrons. The van der Waals surface area contributed by atoms with E-state index in [0.717, 1.165) is 39.1 Å². The van der Waals surface area contributed by atoms with Gasteiger partial charge in [-0.3, -0.25) is 0 Å². The van der Waals surface area contributed by atoms with Crippen LogP contribution in [0.1, 0.15) is 12.8 Å². The van der Waals surface area contributed by atoms with Crippen molar-refractivity contribution in [1.29, 1.82) is 0 Å². The number of hydrogen-bond donors (Lipinski definition) is 0. The van der Waals surface area contributed by atoms with Crippen LogP contribution in [-0.4, -0.2) is 46.5 Å². The lowest BCUT2D eigenvalue weighted by molar-refractivity contribution is 0.197. The van der Waals surface area contributed by atoms with Gasteiger partial charge in [-0.15, -0.1) is 0 Å². The van der Waals surface area contributed by atoms with E-state index >= 15 is 0 Å². The van der Waals surface area contributed by atoms with Crippen molar-refractivity contribution in [3.8, 4) is 0 Å². The molecule has 0 fully saturated rings. The molecule has 0 bridgehead atoms. The van der Waals surface area contributed by atoms with E-state index < -0.39 is 0 Å². The minimum absolute atomic E-state index is 0.738. The second-order valence-corrected chi connectivity index (χ2v) is 2.56. The summed E-state index contributed by atoms with van der Waals surface area (Å²) in [4.78, 5) is 7.94. The Bertz CT molecular complexity index is 140. The third-order valence-electron chi connectivity index (χ3n) is 1.38.